The van der Waals surface area contributed by atoms with Crippen molar-refractivity contribution in [3.05, 3.63) is 23.2 Å². The van der Waals surface area contributed by atoms with Crippen molar-refractivity contribution in [3.8, 4) is 0 Å². The minimum absolute atomic E-state index is 0.144. The molecule has 0 radical (unpaired) electrons. The van der Waals surface area contributed by atoms with Gasteiger partial charge in [0.05, 0.1) is 16.4 Å². The average Bonchev–Trinajstić information content (AvgIpc) is 2.67. The zero-order valence-corrected chi connectivity index (χ0v) is 20.3. The van der Waals surface area contributed by atoms with Crippen LogP contribution in [0.2, 0.25) is 5.02 Å². The van der Waals surface area contributed by atoms with Gasteiger partial charge in [-0.05, 0) is 24.6 Å². The standard InChI is InChI=1S/C11H14ClN3O12S5/c1-2-9(13-6-16)11(17)14-10-5-7(3-4-8(10)12)15-29(20,21)31(24,25)32(26,27)30(22,23)28(18)19/h3-6,9,15H,2H2,1H3,(H,13,16)(H,14,17)(H,18,19). The van der Waals surface area contributed by atoms with Crippen LogP contribution in [0.5, 0.6) is 0 Å². The summed E-state index contributed by atoms with van der Waals surface area (Å²) in [6.07, 6.45) is 0.393. The zero-order chi connectivity index (χ0) is 25.1. The fourth-order valence-corrected chi connectivity index (χ4v) is 18.9. The lowest BCUT2D eigenvalue weighted by Gasteiger charge is -2.16. The number of carbonyl (C=O) groups is 2. The molecule has 21 heteroatoms. The Bertz CT molecular complexity index is 1370. The van der Waals surface area contributed by atoms with Crippen LogP contribution in [-0.4, -0.2) is 60.8 Å². The first-order chi connectivity index (χ1) is 14.5. The highest BCUT2D eigenvalue weighted by atomic mass is 35.5. The number of hydrogen-bond donors (Lipinski definition) is 4. The SMILES string of the molecule is CCC(NC=O)C(=O)Nc1cc(NS(=O)(=O)S(=O)(=O)S(=O)(=O)S(=O)(=O)S(=O)O)ccc1Cl. The van der Waals surface area contributed by atoms with Crippen molar-refractivity contribution in [2.45, 2.75) is 19.4 Å². The van der Waals surface area contributed by atoms with Gasteiger partial charge in [0, 0.05) is 0 Å². The van der Waals surface area contributed by atoms with Gasteiger partial charge in [0.1, 0.15) is 6.04 Å². The maximum Gasteiger partial charge on any atom is 0.390 e. The van der Waals surface area contributed by atoms with Crippen LogP contribution in [0.4, 0.5) is 11.4 Å². The van der Waals surface area contributed by atoms with Crippen molar-refractivity contribution >= 4 is 78.2 Å². The first-order valence-electron chi connectivity index (χ1n) is 7.65. The highest BCUT2D eigenvalue weighted by Gasteiger charge is 2.54. The number of halogens is 1. The second kappa shape index (κ2) is 9.97. The van der Waals surface area contributed by atoms with E-state index < -0.39 is 60.5 Å². The van der Waals surface area contributed by atoms with Crippen LogP contribution in [0.15, 0.2) is 18.2 Å². The predicted octanol–water partition coefficient (Wildman–Crippen LogP) is -1.33. The number of hydrogen-bond acceptors (Lipinski definition) is 11. The topological polar surface area (TPSA) is 244 Å². The Morgan fingerprint density at radius 2 is 1.69 bits per heavy atom. The molecule has 15 nitrogen and oxygen atoms in total. The van der Waals surface area contributed by atoms with E-state index in [9.17, 15) is 47.5 Å². The van der Waals surface area contributed by atoms with Gasteiger partial charge >= 0.3 is 32.8 Å². The molecular weight excluding hydrogens is 562 g/mol. The Kier molecular flexibility index (Phi) is 8.78. The van der Waals surface area contributed by atoms with Crippen molar-refractivity contribution in [1.29, 1.82) is 0 Å². The maximum atomic E-state index is 12.1. The summed E-state index contributed by atoms with van der Waals surface area (Å²) in [5.41, 5.74) is -0.991. The molecule has 0 saturated heterocycles. The van der Waals surface area contributed by atoms with Crippen molar-refractivity contribution < 1.29 is 52.0 Å². The van der Waals surface area contributed by atoms with Crippen molar-refractivity contribution in [1.82, 2.24) is 5.32 Å². The first-order valence-corrected chi connectivity index (χ1v) is 17.1. The van der Waals surface area contributed by atoms with Crippen molar-refractivity contribution in [2.24, 2.45) is 0 Å². The lowest BCUT2D eigenvalue weighted by molar-refractivity contribution is -0.121. The number of benzene rings is 1. The summed E-state index contributed by atoms with van der Waals surface area (Å²) < 4.78 is 115. The molecule has 1 aromatic rings. The molecule has 2 atom stereocenters. The number of carbonyl (C=O) groups excluding carboxylic acids is 2. The van der Waals surface area contributed by atoms with Gasteiger partial charge in [0.15, 0.2) is 0 Å². The van der Waals surface area contributed by atoms with Crippen LogP contribution in [0.3, 0.4) is 0 Å². The summed E-state index contributed by atoms with van der Waals surface area (Å²) in [6, 6.07) is 1.53. The summed E-state index contributed by atoms with van der Waals surface area (Å²) in [5, 5.41) is 4.22. The summed E-state index contributed by atoms with van der Waals surface area (Å²) in [5.74, 6) is -0.798. The van der Waals surface area contributed by atoms with Crippen LogP contribution in [0, 0.1) is 0 Å². The predicted molar refractivity (Wildman–Crippen MR) is 113 cm³/mol. The van der Waals surface area contributed by atoms with Gasteiger partial charge in [-0.3, -0.25) is 18.9 Å². The van der Waals surface area contributed by atoms with Gasteiger partial charge in [-0.25, -0.2) is 4.21 Å². The van der Waals surface area contributed by atoms with Gasteiger partial charge in [-0.15, -0.1) is 0 Å². The molecule has 1 aromatic carbocycles. The molecule has 0 aromatic heterocycles. The van der Waals surface area contributed by atoms with Gasteiger partial charge in [0.25, 0.3) is 10.1 Å². The third-order valence-corrected chi connectivity index (χ3v) is 22.7. The molecule has 0 heterocycles. The van der Waals surface area contributed by atoms with E-state index in [0.29, 0.717) is 0 Å². The molecule has 1 rings (SSSR count). The zero-order valence-electron chi connectivity index (χ0n) is 15.5. The molecule has 0 aliphatic carbocycles. The molecule has 0 aliphatic rings. The molecule has 0 aliphatic heterocycles. The number of nitrogens with one attached hydrogen (secondary N) is 3. The maximum absolute atomic E-state index is 12.1. The van der Waals surface area contributed by atoms with Crippen molar-refractivity contribution in [2.75, 3.05) is 10.0 Å². The summed E-state index contributed by atoms with van der Waals surface area (Å²) in [4.78, 5) is 22.6. The fourth-order valence-electron chi connectivity index (χ4n) is 1.84. The second-order valence-corrected chi connectivity index (χ2v) is 21.8. The third-order valence-electron chi connectivity index (χ3n) is 3.40. The normalized spacial score (nSPS) is 14.7. The van der Waals surface area contributed by atoms with Crippen LogP contribution in [-0.2, 0) is 52.5 Å². The van der Waals surface area contributed by atoms with E-state index in [2.05, 4.69) is 10.6 Å². The van der Waals surface area contributed by atoms with E-state index >= 15 is 0 Å². The number of amides is 2. The molecule has 0 fully saturated rings. The fraction of sp³-hybridized carbons (Fsp3) is 0.273. The quantitative estimate of drug-likeness (QED) is 0.136. The lowest BCUT2D eigenvalue weighted by Crippen LogP contribution is -2.39. The summed E-state index contributed by atoms with van der Waals surface area (Å²) in [7, 11) is -30.2. The van der Waals surface area contributed by atoms with Crippen molar-refractivity contribution in [3.63, 3.8) is 0 Å². The van der Waals surface area contributed by atoms with Crippen LogP contribution >= 0.6 is 11.6 Å². The van der Waals surface area contributed by atoms with Crippen LogP contribution < -0.4 is 15.4 Å². The molecule has 182 valence electrons. The third kappa shape index (κ3) is 5.38. The Balaban J connectivity index is 3.38. The van der Waals surface area contributed by atoms with Gasteiger partial charge in [-0.1, -0.05) is 18.5 Å². The molecule has 2 unspecified atom stereocenters. The van der Waals surface area contributed by atoms with E-state index in [1.807, 2.05) is 0 Å². The lowest BCUT2D eigenvalue weighted by atomic mass is 10.2. The monoisotopic (exact) mass is 575 g/mol. The summed E-state index contributed by atoms with van der Waals surface area (Å²) >= 11 is 5.86. The Hall–Kier alpha value is -1.84. The minimum atomic E-state index is -6.77. The average molecular weight is 576 g/mol. The summed E-state index contributed by atoms with van der Waals surface area (Å²) in [6.45, 7) is 1.55. The van der Waals surface area contributed by atoms with Gasteiger partial charge < -0.3 is 10.6 Å². The molecule has 4 N–H and O–H groups in total. The Morgan fingerprint density at radius 3 is 2.16 bits per heavy atom. The minimum Gasteiger partial charge on any atom is -0.347 e. The van der Waals surface area contributed by atoms with Gasteiger partial charge in [-0.2, -0.15) is 33.7 Å². The second-order valence-electron chi connectivity index (χ2n) is 5.43. The van der Waals surface area contributed by atoms with E-state index in [4.69, 9.17) is 16.2 Å². The first kappa shape index (κ1) is 28.2. The smallest absolute Gasteiger partial charge is 0.347 e. The molecule has 2 amide bonds. The van der Waals surface area contributed by atoms with E-state index in [0.717, 1.165) is 18.2 Å². The molecule has 0 saturated carbocycles. The molecule has 0 bridgehead atoms. The highest BCUT2D eigenvalue weighted by molar-refractivity contribution is 9.24. The van der Waals surface area contributed by atoms with Crippen LogP contribution in [0.1, 0.15) is 13.3 Å². The van der Waals surface area contributed by atoms with Gasteiger partial charge in [0.2, 0.25) is 12.3 Å². The molecule has 32 heavy (non-hydrogen) atoms. The Morgan fingerprint density at radius 1 is 1.12 bits per heavy atom. The van der Waals surface area contributed by atoms with Crippen LogP contribution in [0.25, 0.3) is 0 Å². The van der Waals surface area contributed by atoms with E-state index in [-0.39, 0.29) is 23.5 Å². The Labute approximate surface area is 187 Å². The number of anilines is 2. The van der Waals surface area contributed by atoms with E-state index in [1.165, 1.54) is 4.72 Å². The largest absolute Gasteiger partial charge is 0.390 e. The molecule has 0 spiro atoms. The number of rotatable bonds is 11. The highest BCUT2D eigenvalue weighted by Crippen LogP contribution is 2.28. The molecular formula is C11H14ClN3O12S5. The van der Waals surface area contributed by atoms with E-state index in [1.54, 1.807) is 6.92 Å².